The molecule has 2 aliphatic heterocycles. The van der Waals surface area contributed by atoms with Gasteiger partial charge in [0.15, 0.2) is 0 Å². The van der Waals surface area contributed by atoms with Crippen LogP contribution in [0.5, 0.6) is 0 Å². The van der Waals surface area contributed by atoms with Gasteiger partial charge in [-0.25, -0.2) is 0 Å². The highest BCUT2D eigenvalue weighted by Crippen LogP contribution is 2.19. The number of carboxylic acids is 1. The van der Waals surface area contributed by atoms with Gasteiger partial charge in [0, 0.05) is 32.2 Å². The van der Waals surface area contributed by atoms with Gasteiger partial charge in [-0.05, 0) is 38.3 Å². The Labute approximate surface area is 155 Å². The van der Waals surface area contributed by atoms with Gasteiger partial charge in [-0.3, -0.25) is 19.4 Å². The highest BCUT2D eigenvalue weighted by atomic mass is 16.4. The second-order valence-electron chi connectivity index (χ2n) is 7.54. The molecule has 0 spiro atoms. The van der Waals surface area contributed by atoms with Crippen molar-refractivity contribution in [3.05, 3.63) is 35.9 Å². The third-order valence-corrected chi connectivity index (χ3v) is 5.68. The zero-order valence-electron chi connectivity index (χ0n) is 15.4. The molecule has 0 saturated carbocycles. The van der Waals surface area contributed by atoms with E-state index in [1.54, 1.807) is 0 Å². The Bertz CT molecular complexity index is 614. The highest BCUT2D eigenvalue weighted by Gasteiger charge is 2.33. The molecule has 1 aromatic rings. The van der Waals surface area contributed by atoms with E-state index in [0.717, 1.165) is 32.5 Å². The first-order valence-electron chi connectivity index (χ1n) is 9.56. The number of carbonyl (C=O) groups excluding carboxylic acids is 1. The molecule has 0 aliphatic carbocycles. The zero-order valence-corrected chi connectivity index (χ0v) is 15.4. The SMILES string of the molecule is CC(C(=O)NC1CCN(Cc2ccccc2)CC1)N1CCC(C(=O)O)C1. The lowest BCUT2D eigenvalue weighted by Crippen LogP contribution is -2.50. The number of likely N-dealkylation sites (tertiary alicyclic amines) is 2. The quantitative estimate of drug-likeness (QED) is 0.806. The molecule has 0 aromatic heterocycles. The zero-order chi connectivity index (χ0) is 18.5. The number of benzene rings is 1. The molecule has 6 heteroatoms. The van der Waals surface area contributed by atoms with Gasteiger partial charge in [0.1, 0.15) is 0 Å². The number of carbonyl (C=O) groups is 2. The number of amides is 1. The molecule has 2 fully saturated rings. The first kappa shape index (κ1) is 18.9. The van der Waals surface area contributed by atoms with Crippen molar-refractivity contribution in [1.82, 2.24) is 15.1 Å². The fourth-order valence-electron chi connectivity index (χ4n) is 3.91. The van der Waals surface area contributed by atoms with Crippen LogP contribution >= 0.6 is 0 Å². The van der Waals surface area contributed by atoms with E-state index in [1.165, 1.54) is 5.56 Å². The second-order valence-corrected chi connectivity index (χ2v) is 7.54. The third kappa shape index (κ3) is 4.83. The number of hydrogen-bond acceptors (Lipinski definition) is 4. The average Bonchev–Trinajstić information content (AvgIpc) is 3.14. The molecule has 0 bridgehead atoms. The Morgan fingerprint density at radius 1 is 1.15 bits per heavy atom. The number of hydrogen-bond donors (Lipinski definition) is 2. The van der Waals surface area contributed by atoms with Crippen LogP contribution < -0.4 is 5.32 Å². The molecular formula is C20H29N3O3. The summed E-state index contributed by atoms with van der Waals surface area (Å²) in [4.78, 5) is 28.0. The fraction of sp³-hybridized carbons (Fsp3) is 0.600. The van der Waals surface area contributed by atoms with Crippen molar-refractivity contribution in [3.63, 3.8) is 0 Å². The van der Waals surface area contributed by atoms with Crippen LogP contribution in [0.3, 0.4) is 0 Å². The minimum Gasteiger partial charge on any atom is -0.481 e. The monoisotopic (exact) mass is 359 g/mol. The summed E-state index contributed by atoms with van der Waals surface area (Å²) in [6.45, 7) is 5.96. The van der Waals surface area contributed by atoms with Crippen molar-refractivity contribution in [3.8, 4) is 0 Å². The number of nitrogens with one attached hydrogen (secondary N) is 1. The first-order valence-corrected chi connectivity index (χ1v) is 9.56. The highest BCUT2D eigenvalue weighted by molar-refractivity contribution is 5.82. The van der Waals surface area contributed by atoms with Gasteiger partial charge in [0.25, 0.3) is 0 Å². The maximum atomic E-state index is 12.5. The van der Waals surface area contributed by atoms with Crippen LogP contribution in [0, 0.1) is 5.92 Å². The predicted molar refractivity (Wildman–Crippen MR) is 99.7 cm³/mol. The van der Waals surface area contributed by atoms with E-state index >= 15 is 0 Å². The van der Waals surface area contributed by atoms with Crippen LogP contribution in [0.25, 0.3) is 0 Å². The van der Waals surface area contributed by atoms with E-state index in [9.17, 15) is 9.59 Å². The average molecular weight is 359 g/mol. The molecule has 2 atom stereocenters. The first-order chi connectivity index (χ1) is 12.5. The van der Waals surface area contributed by atoms with E-state index in [-0.39, 0.29) is 23.9 Å². The molecule has 2 heterocycles. The summed E-state index contributed by atoms with van der Waals surface area (Å²) in [7, 11) is 0. The summed E-state index contributed by atoms with van der Waals surface area (Å²) in [5.74, 6) is -1.07. The molecule has 2 unspecified atom stereocenters. The van der Waals surface area contributed by atoms with Crippen LogP contribution in [0.15, 0.2) is 30.3 Å². The summed E-state index contributed by atoms with van der Waals surface area (Å²) < 4.78 is 0. The van der Waals surface area contributed by atoms with E-state index in [2.05, 4.69) is 34.5 Å². The van der Waals surface area contributed by atoms with Crippen LogP contribution in [-0.4, -0.2) is 65.0 Å². The minimum absolute atomic E-state index is 0.0255. The van der Waals surface area contributed by atoms with Gasteiger partial charge in [-0.1, -0.05) is 30.3 Å². The summed E-state index contributed by atoms with van der Waals surface area (Å²) in [6, 6.07) is 10.4. The summed E-state index contributed by atoms with van der Waals surface area (Å²) in [5, 5.41) is 12.3. The summed E-state index contributed by atoms with van der Waals surface area (Å²) >= 11 is 0. The summed E-state index contributed by atoms with van der Waals surface area (Å²) in [6.07, 6.45) is 2.55. The molecule has 1 amide bonds. The van der Waals surface area contributed by atoms with Gasteiger partial charge in [-0.2, -0.15) is 0 Å². The van der Waals surface area contributed by atoms with Crippen molar-refractivity contribution in [2.24, 2.45) is 5.92 Å². The maximum absolute atomic E-state index is 12.5. The van der Waals surface area contributed by atoms with Crippen LogP contribution in [0.1, 0.15) is 31.7 Å². The molecule has 142 valence electrons. The lowest BCUT2D eigenvalue weighted by Gasteiger charge is -2.33. The van der Waals surface area contributed by atoms with Gasteiger partial charge in [0.2, 0.25) is 5.91 Å². The van der Waals surface area contributed by atoms with Crippen molar-refractivity contribution in [2.45, 2.75) is 44.8 Å². The van der Waals surface area contributed by atoms with E-state index in [0.29, 0.717) is 19.5 Å². The van der Waals surface area contributed by atoms with Crippen molar-refractivity contribution < 1.29 is 14.7 Å². The van der Waals surface area contributed by atoms with Gasteiger partial charge in [0.05, 0.1) is 12.0 Å². The number of aliphatic carboxylic acids is 1. The molecule has 26 heavy (non-hydrogen) atoms. The maximum Gasteiger partial charge on any atom is 0.307 e. The van der Waals surface area contributed by atoms with Crippen LogP contribution in [-0.2, 0) is 16.1 Å². The van der Waals surface area contributed by atoms with Gasteiger partial charge in [-0.15, -0.1) is 0 Å². The van der Waals surface area contributed by atoms with Crippen molar-refractivity contribution >= 4 is 11.9 Å². The molecule has 1 aromatic carbocycles. The van der Waals surface area contributed by atoms with E-state index in [4.69, 9.17) is 5.11 Å². The van der Waals surface area contributed by atoms with Gasteiger partial charge >= 0.3 is 5.97 Å². The van der Waals surface area contributed by atoms with Crippen molar-refractivity contribution in [1.29, 1.82) is 0 Å². The van der Waals surface area contributed by atoms with E-state index in [1.807, 2.05) is 17.9 Å². The topological polar surface area (TPSA) is 72.9 Å². The minimum atomic E-state index is -0.758. The lowest BCUT2D eigenvalue weighted by atomic mass is 10.0. The number of piperidine rings is 1. The molecule has 2 saturated heterocycles. The Balaban J connectivity index is 1.41. The molecule has 6 nitrogen and oxygen atoms in total. The van der Waals surface area contributed by atoms with Gasteiger partial charge < -0.3 is 10.4 Å². The molecule has 0 radical (unpaired) electrons. The third-order valence-electron chi connectivity index (χ3n) is 5.68. The number of carboxylic acid groups (broad SMARTS) is 1. The standard InChI is InChI=1S/C20H29N3O3/c1-15(23-12-7-17(14-23)20(25)26)19(24)21-18-8-10-22(11-9-18)13-16-5-3-2-4-6-16/h2-6,15,17-18H,7-14H2,1H3,(H,21,24)(H,25,26). The number of nitrogens with zero attached hydrogens (tertiary/aromatic N) is 2. The molecular weight excluding hydrogens is 330 g/mol. The fourth-order valence-corrected chi connectivity index (χ4v) is 3.91. The van der Waals surface area contributed by atoms with Crippen LogP contribution in [0.2, 0.25) is 0 Å². The lowest BCUT2D eigenvalue weighted by molar-refractivity contribution is -0.141. The molecule has 3 rings (SSSR count). The Morgan fingerprint density at radius 2 is 1.85 bits per heavy atom. The Morgan fingerprint density at radius 3 is 2.46 bits per heavy atom. The Hall–Kier alpha value is -1.92. The Kier molecular flexibility index (Phi) is 6.27. The van der Waals surface area contributed by atoms with E-state index < -0.39 is 5.97 Å². The van der Waals surface area contributed by atoms with Crippen LogP contribution in [0.4, 0.5) is 0 Å². The van der Waals surface area contributed by atoms with Crippen molar-refractivity contribution in [2.75, 3.05) is 26.2 Å². The summed E-state index contributed by atoms with van der Waals surface area (Å²) in [5.41, 5.74) is 1.32. The largest absolute Gasteiger partial charge is 0.481 e. The molecule has 2 N–H and O–H groups in total. The second kappa shape index (κ2) is 8.64. The smallest absolute Gasteiger partial charge is 0.307 e. The number of rotatable bonds is 6. The normalized spacial score (nSPS) is 23.7. The predicted octanol–water partition coefficient (Wildman–Crippen LogP) is 1.56. The molecule has 2 aliphatic rings.